The summed E-state index contributed by atoms with van der Waals surface area (Å²) in [5, 5.41) is 0. The summed E-state index contributed by atoms with van der Waals surface area (Å²) in [6, 6.07) is 87.7. The third kappa shape index (κ3) is 9.55. The molecule has 11 aromatic rings. The summed E-state index contributed by atoms with van der Waals surface area (Å²) in [7, 11) is 0. The Balaban J connectivity index is 0.00000553. The van der Waals surface area contributed by atoms with Crippen LogP contribution in [0.25, 0.3) is 112 Å². The van der Waals surface area contributed by atoms with Crippen LogP contribution < -0.4 is 0 Å². The number of aryl methyl sites for hydroxylation is 2. The maximum atomic E-state index is 5.02. The van der Waals surface area contributed by atoms with Gasteiger partial charge in [0, 0.05) is 12.4 Å². The molecule has 69 heavy (non-hydrogen) atoms. The van der Waals surface area contributed by atoms with Crippen molar-refractivity contribution in [2.24, 2.45) is 0 Å². The van der Waals surface area contributed by atoms with Crippen molar-refractivity contribution < 1.29 is 20.1 Å². The molecule has 0 amide bonds. The van der Waals surface area contributed by atoms with Gasteiger partial charge >= 0.3 is 20.1 Å². The van der Waals surface area contributed by atoms with E-state index in [-0.39, 0.29) is 20.1 Å². The van der Waals surface area contributed by atoms with Gasteiger partial charge in [0.15, 0.2) is 0 Å². The first-order chi connectivity index (χ1) is 33.5. The Morgan fingerprint density at radius 3 is 1.01 bits per heavy atom. The van der Waals surface area contributed by atoms with Crippen LogP contribution in [0.3, 0.4) is 0 Å². The molecule has 4 heteroatoms. The van der Waals surface area contributed by atoms with Crippen LogP contribution in [0.2, 0.25) is 0 Å². The summed E-state index contributed by atoms with van der Waals surface area (Å²) in [5.41, 5.74) is 23.2. The maximum Gasteiger partial charge on any atom is 3.00 e. The molecule has 328 valence electrons. The van der Waals surface area contributed by atoms with Gasteiger partial charge in [0.1, 0.15) is 0 Å². The first kappa shape index (κ1) is 44.7. The largest absolute Gasteiger partial charge is 3.00 e. The Hall–Kier alpha value is -8.14. The van der Waals surface area contributed by atoms with E-state index in [1.54, 1.807) is 0 Å². The molecule has 0 unspecified atom stereocenters. The Bertz CT molecular complexity index is 3380. The number of pyridine rings is 3. The summed E-state index contributed by atoms with van der Waals surface area (Å²) in [5.74, 6) is 0. The Morgan fingerprint density at radius 2 is 0.652 bits per heavy atom. The van der Waals surface area contributed by atoms with Crippen LogP contribution >= 0.6 is 0 Å². The molecule has 3 heterocycles. The van der Waals surface area contributed by atoms with Crippen LogP contribution in [0.1, 0.15) is 11.1 Å². The molecule has 0 radical (unpaired) electrons. The molecule has 0 fully saturated rings. The van der Waals surface area contributed by atoms with E-state index in [2.05, 4.69) is 242 Å². The van der Waals surface area contributed by atoms with E-state index < -0.39 is 0 Å². The minimum atomic E-state index is 0. The summed E-state index contributed by atoms with van der Waals surface area (Å²) < 4.78 is 0. The van der Waals surface area contributed by atoms with Crippen molar-refractivity contribution in [1.82, 2.24) is 15.0 Å². The smallest absolute Gasteiger partial charge is 0.304 e. The van der Waals surface area contributed by atoms with Gasteiger partial charge in [0.05, 0.1) is 5.69 Å². The predicted octanol–water partition coefficient (Wildman–Crippen LogP) is 16.6. The summed E-state index contributed by atoms with van der Waals surface area (Å²) >= 11 is 0. The summed E-state index contributed by atoms with van der Waals surface area (Å²) in [4.78, 5) is 14.3. The number of aromatic nitrogens is 3. The van der Waals surface area contributed by atoms with E-state index in [1.807, 2.05) is 30.6 Å². The first-order valence-corrected chi connectivity index (χ1v) is 22.9. The minimum absolute atomic E-state index is 0. The third-order valence-corrected chi connectivity index (χ3v) is 12.5. The molecule has 0 atom stereocenters. The Kier molecular flexibility index (Phi) is 12.9. The number of nitrogens with zero attached hydrogens (tertiary/aromatic N) is 3. The van der Waals surface area contributed by atoms with Crippen LogP contribution in [-0.2, 0) is 20.1 Å². The molecule has 0 aliphatic heterocycles. The number of rotatable bonds is 10. The molecule has 0 aliphatic rings. The van der Waals surface area contributed by atoms with Gasteiger partial charge in [-0.25, -0.2) is 0 Å². The summed E-state index contributed by atoms with van der Waals surface area (Å²) in [6.07, 6.45) is 3.81. The molecule has 0 bridgehead atoms. The van der Waals surface area contributed by atoms with E-state index in [1.165, 1.54) is 0 Å². The van der Waals surface area contributed by atoms with Gasteiger partial charge in [-0.05, 0) is 105 Å². The average molecular weight is 1060 g/mol. The quantitative estimate of drug-likeness (QED) is 0.128. The third-order valence-electron chi connectivity index (χ3n) is 12.5. The standard InChI is InChI=1S/C65H44N3.Ir/c1-44-23-37-62(66-42-44)50-31-25-46(26-32-50)56-15-6-9-18-59(56)53-39-54(60-19-10-7-16-57(60)47-27-33-51(34-28-47)63-38-24-45(2)43-67-63)41-55(40-53)61-20-11-8-17-58(61)48-29-35-52(36-30-48)65-22-12-21-64(68-65)49-13-4-3-5-14-49;/h3-31,33,35,37-43H,1-2H3;/q-3;+3. The van der Waals surface area contributed by atoms with Gasteiger partial charge in [0.2, 0.25) is 0 Å². The monoisotopic (exact) mass is 1060 g/mol. The second-order valence-electron chi connectivity index (χ2n) is 17.1. The Morgan fingerprint density at radius 1 is 0.290 bits per heavy atom. The van der Waals surface area contributed by atoms with E-state index >= 15 is 0 Å². The molecule has 0 aliphatic carbocycles. The second-order valence-corrected chi connectivity index (χ2v) is 17.1. The van der Waals surface area contributed by atoms with Crippen molar-refractivity contribution in [2.45, 2.75) is 13.8 Å². The van der Waals surface area contributed by atoms with Crippen molar-refractivity contribution in [2.75, 3.05) is 0 Å². The van der Waals surface area contributed by atoms with Crippen molar-refractivity contribution in [3.05, 3.63) is 260 Å². The van der Waals surface area contributed by atoms with Gasteiger partial charge < -0.3 is 9.97 Å². The average Bonchev–Trinajstić information content (AvgIpc) is 3.42. The zero-order valence-corrected chi connectivity index (χ0v) is 40.5. The number of benzene rings is 8. The minimum Gasteiger partial charge on any atom is -0.304 e. The molecule has 8 aromatic carbocycles. The van der Waals surface area contributed by atoms with Gasteiger partial charge in [-0.3, -0.25) is 4.98 Å². The van der Waals surface area contributed by atoms with E-state index in [9.17, 15) is 0 Å². The van der Waals surface area contributed by atoms with E-state index in [4.69, 9.17) is 4.98 Å². The number of hydrogen-bond donors (Lipinski definition) is 0. The van der Waals surface area contributed by atoms with Crippen molar-refractivity contribution in [3.8, 4) is 112 Å². The topological polar surface area (TPSA) is 38.7 Å². The fourth-order valence-electron chi connectivity index (χ4n) is 8.92. The summed E-state index contributed by atoms with van der Waals surface area (Å²) in [6.45, 7) is 4.11. The first-order valence-electron chi connectivity index (χ1n) is 22.9. The fourth-order valence-corrected chi connectivity index (χ4v) is 8.92. The van der Waals surface area contributed by atoms with Crippen LogP contribution in [0.5, 0.6) is 0 Å². The molecular formula is C65H44IrN3. The molecule has 11 rings (SSSR count). The molecule has 0 saturated carbocycles. The van der Waals surface area contributed by atoms with Crippen molar-refractivity contribution in [1.29, 1.82) is 0 Å². The molecular weight excluding hydrogens is 1010 g/mol. The van der Waals surface area contributed by atoms with Crippen molar-refractivity contribution in [3.63, 3.8) is 0 Å². The number of hydrogen-bond acceptors (Lipinski definition) is 3. The van der Waals surface area contributed by atoms with Gasteiger partial charge in [0.25, 0.3) is 0 Å². The van der Waals surface area contributed by atoms with Crippen molar-refractivity contribution >= 4 is 0 Å². The zero-order valence-electron chi connectivity index (χ0n) is 38.1. The molecule has 0 N–H and O–H groups in total. The van der Waals surface area contributed by atoms with Crippen LogP contribution in [0.15, 0.2) is 231 Å². The van der Waals surface area contributed by atoms with Crippen LogP contribution in [-0.4, -0.2) is 15.0 Å². The van der Waals surface area contributed by atoms with Gasteiger partial charge in [-0.15, -0.1) is 89.5 Å². The zero-order chi connectivity index (χ0) is 45.8. The fraction of sp³-hybridized carbons (Fsp3) is 0.0308. The molecule has 3 nitrogen and oxygen atoms in total. The second kappa shape index (κ2) is 20.0. The molecule has 3 aromatic heterocycles. The molecule has 0 spiro atoms. The van der Waals surface area contributed by atoms with Gasteiger partial charge in [-0.1, -0.05) is 173 Å². The van der Waals surface area contributed by atoms with E-state index in [0.29, 0.717) is 0 Å². The normalized spacial score (nSPS) is 10.9. The SMILES string of the molecule is Cc1ccc(-c2[c-]cc(-c3ccccc3-c3cc(-c4ccccc4-c4c[c-]c(-c5ccc(C)cn5)cc4)cc(-c4ccccc4-c4c[c-]c(-c5cccc(-c6ccccc6)n5)cc4)c3)cc2)nc1.[Ir+3]. The maximum absolute atomic E-state index is 5.02. The van der Waals surface area contributed by atoms with Crippen LogP contribution in [0.4, 0.5) is 0 Å². The predicted molar refractivity (Wildman–Crippen MR) is 280 cm³/mol. The van der Waals surface area contributed by atoms with E-state index in [0.717, 1.165) is 123 Å². The van der Waals surface area contributed by atoms with Crippen LogP contribution in [0, 0.1) is 32.0 Å². The molecule has 0 saturated heterocycles. The van der Waals surface area contributed by atoms with Gasteiger partial charge in [-0.2, -0.15) is 0 Å². The Labute approximate surface area is 418 Å².